The molecule has 0 heterocycles. The predicted molar refractivity (Wildman–Crippen MR) is 94.6 cm³/mol. The highest BCUT2D eigenvalue weighted by Crippen LogP contribution is 2.18. The first kappa shape index (κ1) is 18.9. The summed E-state index contributed by atoms with van der Waals surface area (Å²) in [6.45, 7) is 3.48. The van der Waals surface area contributed by atoms with Crippen molar-refractivity contribution in [2.75, 3.05) is 6.26 Å². The van der Waals surface area contributed by atoms with Gasteiger partial charge in [0.25, 0.3) is 0 Å². The van der Waals surface area contributed by atoms with Crippen LogP contribution in [0.5, 0.6) is 0 Å². The van der Waals surface area contributed by atoms with Crippen molar-refractivity contribution < 1.29 is 22.7 Å². The number of benzene rings is 2. The molecule has 0 aliphatic heterocycles. The van der Waals surface area contributed by atoms with Crippen LogP contribution in [0.2, 0.25) is 0 Å². The summed E-state index contributed by atoms with van der Waals surface area (Å²) in [5, 5.41) is 0. The molecular weight excluding hydrogens is 340 g/mol. The summed E-state index contributed by atoms with van der Waals surface area (Å²) in [4.78, 5) is 24.6. The molecule has 2 aromatic carbocycles. The Hall–Kier alpha value is -2.47. The number of sulfone groups is 1. The van der Waals surface area contributed by atoms with E-state index in [2.05, 4.69) is 0 Å². The van der Waals surface area contributed by atoms with Crippen molar-refractivity contribution in [2.45, 2.75) is 31.3 Å². The number of carbonyl (C=O) groups is 2. The monoisotopic (exact) mass is 360 g/mol. The Kier molecular flexibility index (Phi) is 5.74. The van der Waals surface area contributed by atoms with Gasteiger partial charge in [-0.05, 0) is 31.0 Å². The average Bonchev–Trinajstić information content (AvgIpc) is 2.60. The summed E-state index contributed by atoms with van der Waals surface area (Å²) in [6.07, 6.45) is 0.858. The Labute approximate surface area is 147 Å². The van der Waals surface area contributed by atoms with Crippen molar-refractivity contribution in [2.24, 2.45) is 0 Å². The van der Waals surface area contributed by atoms with Crippen molar-refractivity contribution in [3.05, 3.63) is 65.2 Å². The normalized spacial score (nSPS) is 12.4. The van der Waals surface area contributed by atoms with Gasteiger partial charge in [0.2, 0.25) is 5.78 Å². The fraction of sp³-hybridized carbons (Fsp3) is 0.263. The van der Waals surface area contributed by atoms with Gasteiger partial charge in [-0.15, -0.1) is 0 Å². The quantitative estimate of drug-likeness (QED) is 0.584. The number of hydrogen-bond donors (Lipinski definition) is 0. The third-order valence-corrected chi connectivity index (χ3v) is 4.96. The van der Waals surface area contributed by atoms with Crippen LogP contribution in [0.3, 0.4) is 0 Å². The largest absolute Gasteiger partial charge is 0.451 e. The van der Waals surface area contributed by atoms with Crippen LogP contribution in [0.25, 0.3) is 0 Å². The zero-order valence-electron chi connectivity index (χ0n) is 14.4. The third-order valence-electron chi connectivity index (χ3n) is 3.81. The zero-order chi connectivity index (χ0) is 18.6. The van der Waals surface area contributed by atoms with E-state index < -0.39 is 21.9 Å². The van der Waals surface area contributed by atoms with Gasteiger partial charge < -0.3 is 4.74 Å². The van der Waals surface area contributed by atoms with Crippen LogP contribution in [-0.2, 0) is 21.0 Å². The first-order chi connectivity index (χ1) is 11.7. The Morgan fingerprint density at radius 1 is 1.04 bits per heavy atom. The minimum Gasteiger partial charge on any atom is -0.451 e. The fourth-order valence-electron chi connectivity index (χ4n) is 2.38. The number of rotatable bonds is 6. The smallest absolute Gasteiger partial charge is 0.340 e. The van der Waals surface area contributed by atoms with Gasteiger partial charge in [0.05, 0.1) is 10.5 Å². The Morgan fingerprint density at radius 3 is 2.20 bits per heavy atom. The van der Waals surface area contributed by atoms with Crippen LogP contribution in [0.1, 0.15) is 40.1 Å². The second-order valence-electron chi connectivity index (χ2n) is 5.73. The third kappa shape index (κ3) is 4.54. The lowest BCUT2D eigenvalue weighted by Crippen LogP contribution is -2.25. The molecule has 0 saturated carbocycles. The lowest BCUT2D eigenvalue weighted by molar-refractivity contribution is 0.0315. The van der Waals surface area contributed by atoms with E-state index in [4.69, 9.17) is 4.74 Å². The average molecular weight is 360 g/mol. The SMILES string of the molecule is CCc1ccc(C(=O)[C@@H](C)OC(=O)c2ccccc2S(C)(=O)=O)cc1. The number of ether oxygens (including phenoxy) is 1. The first-order valence-electron chi connectivity index (χ1n) is 7.87. The highest BCUT2D eigenvalue weighted by Gasteiger charge is 2.24. The van der Waals surface area contributed by atoms with Crippen LogP contribution in [0.4, 0.5) is 0 Å². The standard InChI is InChI=1S/C19H20O5S/c1-4-14-9-11-15(12-10-14)18(20)13(2)24-19(21)16-7-5-6-8-17(16)25(3,22)23/h5-13H,4H2,1-3H3/t13-/m1/s1. The Balaban J connectivity index is 2.19. The van der Waals surface area contributed by atoms with E-state index in [9.17, 15) is 18.0 Å². The van der Waals surface area contributed by atoms with Crippen molar-refractivity contribution in [3.63, 3.8) is 0 Å². The molecule has 0 unspecified atom stereocenters. The van der Waals surface area contributed by atoms with Gasteiger partial charge >= 0.3 is 5.97 Å². The molecule has 0 N–H and O–H groups in total. The molecule has 0 saturated heterocycles. The highest BCUT2D eigenvalue weighted by molar-refractivity contribution is 7.90. The number of ketones is 1. The predicted octanol–water partition coefficient (Wildman–Crippen LogP) is 3.08. The minimum absolute atomic E-state index is 0.0778. The van der Waals surface area contributed by atoms with Crippen LogP contribution >= 0.6 is 0 Å². The lowest BCUT2D eigenvalue weighted by atomic mass is 10.0. The van der Waals surface area contributed by atoms with Gasteiger partial charge in [-0.1, -0.05) is 43.3 Å². The molecule has 0 radical (unpaired) electrons. The maximum absolute atomic E-state index is 12.4. The van der Waals surface area contributed by atoms with E-state index in [1.807, 2.05) is 19.1 Å². The lowest BCUT2D eigenvalue weighted by Gasteiger charge is -2.14. The van der Waals surface area contributed by atoms with E-state index >= 15 is 0 Å². The number of esters is 1. The van der Waals surface area contributed by atoms with Crippen molar-refractivity contribution in [1.82, 2.24) is 0 Å². The molecule has 0 fully saturated rings. The topological polar surface area (TPSA) is 77.5 Å². The number of aryl methyl sites for hydroxylation is 1. The summed E-state index contributed by atoms with van der Waals surface area (Å²) in [5.74, 6) is -1.18. The molecule has 25 heavy (non-hydrogen) atoms. The molecule has 5 nitrogen and oxygen atoms in total. The molecule has 2 rings (SSSR count). The van der Waals surface area contributed by atoms with Crippen LogP contribution in [-0.4, -0.2) is 32.5 Å². The van der Waals surface area contributed by atoms with Gasteiger partial charge in [0, 0.05) is 11.8 Å². The minimum atomic E-state index is -3.58. The van der Waals surface area contributed by atoms with E-state index in [-0.39, 0.29) is 16.2 Å². The van der Waals surface area contributed by atoms with Crippen molar-refractivity contribution >= 4 is 21.6 Å². The van der Waals surface area contributed by atoms with Gasteiger partial charge in [0.1, 0.15) is 0 Å². The van der Waals surface area contributed by atoms with E-state index in [0.717, 1.165) is 18.2 Å². The zero-order valence-corrected chi connectivity index (χ0v) is 15.2. The van der Waals surface area contributed by atoms with Crippen molar-refractivity contribution in [3.8, 4) is 0 Å². The van der Waals surface area contributed by atoms with Crippen LogP contribution in [0, 0.1) is 0 Å². The molecule has 2 aromatic rings. The van der Waals surface area contributed by atoms with Gasteiger partial charge in [0.15, 0.2) is 15.9 Å². The summed E-state index contributed by atoms with van der Waals surface area (Å²) in [5.41, 5.74) is 1.46. The fourth-order valence-corrected chi connectivity index (χ4v) is 3.25. The Bertz CT molecular complexity index is 882. The molecule has 0 aliphatic carbocycles. The molecule has 0 amide bonds. The molecule has 132 valence electrons. The number of carbonyl (C=O) groups excluding carboxylic acids is 2. The first-order valence-corrected chi connectivity index (χ1v) is 9.76. The molecular formula is C19H20O5S. The van der Waals surface area contributed by atoms with Gasteiger partial charge in [-0.3, -0.25) is 4.79 Å². The Morgan fingerprint density at radius 2 is 1.64 bits per heavy atom. The van der Waals surface area contributed by atoms with Gasteiger partial charge in [-0.2, -0.15) is 0 Å². The summed E-state index contributed by atoms with van der Waals surface area (Å²) >= 11 is 0. The molecule has 0 bridgehead atoms. The van der Waals surface area contributed by atoms with Gasteiger partial charge in [-0.25, -0.2) is 13.2 Å². The summed E-state index contributed by atoms with van der Waals surface area (Å²) in [7, 11) is -3.58. The van der Waals surface area contributed by atoms with Crippen LogP contribution in [0.15, 0.2) is 53.4 Å². The molecule has 0 aliphatic rings. The highest BCUT2D eigenvalue weighted by atomic mass is 32.2. The van der Waals surface area contributed by atoms with E-state index in [1.165, 1.54) is 25.1 Å². The summed E-state index contributed by atoms with van der Waals surface area (Å²) in [6, 6.07) is 12.8. The van der Waals surface area contributed by atoms with Crippen LogP contribution < -0.4 is 0 Å². The maximum Gasteiger partial charge on any atom is 0.340 e. The number of Topliss-reactive ketones (excluding diaryl/α,β-unsaturated/α-hetero) is 1. The second-order valence-corrected chi connectivity index (χ2v) is 7.71. The second kappa shape index (κ2) is 7.61. The number of hydrogen-bond acceptors (Lipinski definition) is 5. The van der Waals surface area contributed by atoms with E-state index in [0.29, 0.717) is 5.56 Å². The van der Waals surface area contributed by atoms with Crippen molar-refractivity contribution in [1.29, 1.82) is 0 Å². The summed E-state index contributed by atoms with van der Waals surface area (Å²) < 4.78 is 28.8. The maximum atomic E-state index is 12.4. The molecule has 0 spiro atoms. The van der Waals surface area contributed by atoms with E-state index in [1.54, 1.807) is 18.2 Å². The molecule has 0 aromatic heterocycles. The molecule has 6 heteroatoms. The molecule has 1 atom stereocenters.